The van der Waals surface area contributed by atoms with Crippen LogP contribution in [0.4, 0.5) is 11.4 Å². The van der Waals surface area contributed by atoms with Gasteiger partial charge in [0.05, 0.1) is 55.3 Å². The molecule has 2 aromatic rings. The first kappa shape index (κ1) is 24.4. The zero-order chi connectivity index (χ0) is 24.7. The van der Waals surface area contributed by atoms with E-state index in [0.717, 1.165) is 0 Å². The molecule has 1 unspecified atom stereocenters. The van der Waals surface area contributed by atoms with Crippen molar-refractivity contribution in [1.82, 2.24) is 0 Å². The van der Waals surface area contributed by atoms with Gasteiger partial charge in [-0.05, 0) is 17.7 Å². The SMILES string of the molecule is COCCNc1ccccc1N1C(N)=C(C#N)C(c2ccccc2)C(C(=O)OC)=C1C(=O)OC. The van der Waals surface area contributed by atoms with Crippen LogP contribution < -0.4 is 16.0 Å². The van der Waals surface area contributed by atoms with Gasteiger partial charge in [-0.1, -0.05) is 42.5 Å². The Morgan fingerprint density at radius 3 is 2.29 bits per heavy atom. The number of nitrogens with one attached hydrogen (secondary N) is 1. The molecule has 176 valence electrons. The average molecular weight is 463 g/mol. The lowest BCUT2D eigenvalue weighted by atomic mass is 9.81. The molecule has 0 amide bonds. The Hall–Kier alpha value is -4.29. The van der Waals surface area contributed by atoms with E-state index in [4.69, 9.17) is 19.9 Å². The van der Waals surface area contributed by atoms with Crippen LogP contribution in [0.1, 0.15) is 11.5 Å². The number of carbonyl (C=O) groups excluding carboxylic acids is 2. The molecule has 1 aliphatic rings. The van der Waals surface area contributed by atoms with Crippen molar-refractivity contribution in [3.8, 4) is 6.07 Å². The topological polar surface area (TPSA) is 127 Å². The van der Waals surface area contributed by atoms with Crippen molar-refractivity contribution >= 4 is 23.3 Å². The van der Waals surface area contributed by atoms with E-state index in [0.29, 0.717) is 30.1 Å². The molecule has 1 atom stereocenters. The quantitative estimate of drug-likeness (QED) is 0.449. The minimum Gasteiger partial charge on any atom is -0.466 e. The van der Waals surface area contributed by atoms with Crippen molar-refractivity contribution in [2.24, 2.45) is 5.73 Å². The van der Waals surface area contributed by atoms with Gasteiger partial charge in [-0.3, -0.25) is 4.90 Å². The van der Waals surface area contributed by atoms with Crippen molar-refractivity contribution in [3.63, 3.8) is 0 Å². The zero-order valence-corrected chi connectivity index (χ0v) is 19.2. The summed E-state index contributed by atoms with van der Waals surface area (Å²) in [5.41, 5.74) is 8.15. The summed E-state index contributed by atoms with van der Waals surface area (Å²) in [7, 11) is 4.01. The van der Waals surface area contributed by atoms with Crippen LogP contribution in [0.5, 0.6) is 0 Å². The van der Waals surface area contributed by atoms with E-state index in [1.54, 1.807) is 49.6 Å². The zero-order valence-electron chi connectivity index (χ0n) is 19.2. The van der Waals surface area contributed by atoms with Crippen LogP contribution in [0.2, 0.25) is 0 Å². The third kappa shape index (κ3) is 4.58. The van der Waals surface area contributed by atoms with Crippen LogP contribution in [-0.4, -0.2) is 46.4 Å². The molecule has 0 aliphatic carbocycles. The summed E-state index contributed by atoms with van der Waals surface area (Å²) in [6, 6.07) is 18.1. The number of esters is 2. The molecule has 0 radical (unpaired) electrons. The fourth-order valence-corrected chi connectivity index (χ4v) is 3.87. The van der Waals surface area contributed by atoms with Gasteiger partial charge >= 0.3 is 11.9 Å². The van der Waals surface area contributed by atoms with Gasteiger partial charge in [-0.25, -0.2) is 9.59 Å². The van der Waals surface area contributed by atoms with Crippen molar-refractivity contribution in [1.29, 1.82) is 5.26 Å². The Morgan fingerprint density at radius 2 is 1.68 bits per heavy atom. The highest BCUT2D eigenvalue weighted by molar-refractivity contribution is 6.07. The molecule has 9 nitrogen and oxygen atoms in total. The molecular weight excluding hydrogens is 436 g/mol. The number of hydrogen-bond donors (Lipinski definition) is 2. The molecule has 34 heavy (non-hydrogen) atoms. The molecular formula is C25H26N4O5. The number of methoxy groups -OCH3 is 3. The third-order valence-corrected chi connectivity index (χ3v) is 5.38. The molecule has 0 bridgehead atoms. The average Bonchev–Trinajstić information content (AvgIpc) is 2.88. The van der Waals surface area contributed by atoms with Gasteiger partial charge in [-0.2, -0.15) is 5.26 Å². The van der Waals surface area contributed by atoms with Gasteiger partial charge in [0.2, 0.25) is 0 Å². The highest BCUT2D eigenvalue weighted by Gasteiger charge is 2.43. The minimum absolute atomic E-state index is 0.00500. The van der Waals surface area contributed by atoms with E-state index in [-0.39, 0.29) is 22.7 Å². The van der Waals surface area contributed by atoms with Crippen molar-refractivity contribution < 1.29 is 23.8 Å². The van der Waals surface area contributed by atoms with Gasteiger partial charge in [-0.15, -0.1) is 0 Å². The molecule has 0 saturated carbocycles. The Kier molecular flexibility index (Phi) is 7.90. The van der Waals surface area contributed by atoms with Crippen molar-refractivity contribution in [2.75, 3.05) is 44.7 Å². The fourth-order valence-electron chi connectivity index (χ4n) is 3.87. The van der Waals surface area contributed by atoms with E-state index in [1.807, 2.05) is 12.1 Å². The van der Waals surface area contributed by atoms with E-state index >= 15 is 0 Å². The van der Waals surface area contributed by atoms with Gasteiger partial charge in [0.1, 0.15) is 11.5 Å². The van der Waals surface area contributed by atoms with Crippen LogP contribution in [-0.2, 0) is 23.8 Å². The Balaban J connectivity index is 2.34. The number of para-hydroxylation sites is 2. The Bertz CT molecular complexity index is 1170. The standard InChI is InChI=1S/C25H26N4O5/c1-32-14-13-28-18-11-7-8-12-19(18)29-22(25(31)34-3)21(24(30)33-2)20(17(15-26)23(29)27)16-9-5-4-6-10-16/h4-12,20,28H,13-14,27H2,1-3H3. The number of nitriles is 1. The van der Waals surface area contributed by atoms with Gasteiger partial charge in [0.25, 0.3) is 0 Å². The van der Waals surface area contributed by atoms with E-state index in [1.165, 1.54) is 19.1 Å². The molecule has 1 aliphatic heterocycles. The van der Waals surface area contributed by atoms with Gasteiger partial charge in [0, 0.05) is 13.7 Å². The number of allylic oxidation sites excluding steroid dienone is 1. The first-order valence-corrected chi connectivity index (χ1v) is 10.5. The number of ether oxygens (including phenoxy) is 3. The van der Waals surface area contributed by atoms with E-state index in [2.05, 4.69) is 11.4 Å². The maximum absolute atomic E-state index is 13.1. The van der Waals surface area contributed by atoms with E-state index in [9.17, 15) is 14.9 Å². The first-order valence-electron chi connectivity index (χ1n) is 10.5. The third-order valence-electron chi connectivity index (χ3n) is 5.38. The fraction of sp³-hybridized carbons (Fsp3) is 0.240. The summed E-state index contributed by atoms with van der Waals surface area (Å²) in [4.78, 5) is 27.6. The number of benzene rings is 2. The number of carbonyl (C=O) groups is 2. The summed E-state index contributed by atoms with van der Waals surface area (Å²) < 4.78 is 15.2. The first-order chi connectivity index (χ1) is 16.5. The van der Waals surface area contributed by atoms with Crippen LogP contribution in [0.15, 0.2) is 77.3 Å². The number of nitrogens with two attached hydrogens (primary N) is 1. The van der Waals surface area contributed by atoms with Crippen LogP contribution in [0, 0.1) is 11.3 Å². The molecule has 9 heteroatoms. The maximum Gasteiger partial charge on any atom is 0.355 e. The smallest absolute Gasteiger partial charge is 0.355 e. The highest BCUT2D eigenvalue weighted by Crippen LogP contribution is 2.44. The normalized spacial score (nSPS) is 15.6. The summed E-state index contributed by atoms with van der Waals surface area (Å²) in [6.07, 6.45) is 0. The number of rotatable bonds is 8. The monoisotopic (exact) mass is 462 g/mol. The van der Waals surface area contributed by atoms with Crippen LogP contribution >= 0.6 is 0 Å². The van der Waals surface area contributed by atoms with Gasteiger partial charge < -0.3 is 25.3 Å². The highest BCUT2D eigenvalue weighted by atomic mass is 16.5. The van der Waals surface area contributed by atoms with Gasteiger partial charge in [0.15, 0.2) is 0 Å². The molecule has 0 fully saturated rings. The van der Waals surface area contributed by atoms with Crippen molar-refractivity contribution in [2.45, 2.75) is 5.92 Å². The van der Waals surface area contributed by atoms with E-state index < -0.39 is 17.9 Å². The van der Waals surface area contributed by atoms with Crippen molar-refractivity contribution in [3.05, 3.63) is 82.8 Å². The molecule has 1 heterocycles. The number of anilines is 2. The maximum atomic E-state index is 13.1. The molecule has 0 saturated heterocycles. The summed E-state index contributed by atoms with van der Waals surface area (Å²) >= 11 is 0. The van der Waals surface area contributed by atoms with Crippen LogP contribution in [0.3, 0.4) is 0 Å². The summed E-state index contributed by atoms with van der Waals surface area (Å²) in [5.74, 6) is -2.49. The lowest BCUT2D eigenvalue weighted by molar-refractivity contribution is -0.139. The number of nitrogens with zero attached hydrogens (tertiary/aromatic N) is 2. The second-order valence-corrected chi connectivity index (χ2v) is 7.27. The molecule has 3 N–H and O–H groups in total. The predicted molar refractivity (Wildman–Crippen MR) is 126 cm³/mol. The lowest BCUT2D eigenvalue weighted by Gasteiger charge is -2.36. The Labute approximate surface area is 198 Å². The summed E-state index contributed by atoms with van der Waals surface area (Å²) in [5, 5.41) is 13.3. The molecule has 0 aromatic heterocycles. The summed E-state index contributed by atoms with van der Waals surface area (Å²) in [6.45, 7) is 0.913. The molecule has 3 rings (SSSR count). The number of hydrogen-bond acceptors (Lipinski definition) is 9. The van der Waals surface area contributed by atoms with Crippen LogP contribution in [0.25, 0.3) is 0 Å². The largest absolute Gasteiger partial charge is 0.466 e. The molecule has 2 aromatic carbocycles. The second-order valence-electron chi connectivity index (χ2n) is 7.27. The second kappa shape index (κ2) is 11.0. The molecule has 0 spiro atoms. The predicted octanol–water partition coefficient (Wildman–Crippen LogP) is 2.64. The Morgan fingerprint density at radius 1 is 1.03 bits per heavy atom. The minimum atomic E-state index is -0.919. The lowest BCUT2D eigenvalue weighted by Crippen LogP contribution is -2.41.